The van der Waals surface area contributed by atoms with E-state index in [2.05, 4.69) is 22.0 Å². The minimum absolute atomic E-state index is 0.251. The van der Waals surface area contributed by atoms with E-state index in [0.29, 0.717) is 11.2 Å². The molecule has 1 aromatic heterocycles. The zero-order chi connectivity index (χ0) is 19.3. The maximum atomic E-state index is 10.7. The van der Waals surface area contributed by atoms with Gasteiger partial charge >= 0.3 is 5.97 Å². The van der Waals surface area contributed by atoms with Gasteiger partial charge in [0, 0.05) is 19.0 Å². The summed E-state index contributed by atoms with van der Waals surface area (Å²) in [5.41, 5.74) is 2.22. The summed E-state index contributed by atoms with van der Waals surface area (Å²) in [5, 5.41) is 9.49. The topological polar surface area (TPSA) is 62.7 Å². The zero-order valence-corrected chi connectivity index (χ0v) is 16.5. The van der Waals surface area contributed by atoms with Gasteiger partial charge in [0.15, 0.2) is 0 Å². The van der Waals surface area contributed by atoms with Gasteiger partial charge < -0.3 is 14.7 Å². The van der Waals surface area contributed by atoms with Crippen LogP contribution in [0.3, 0.4) is 0 Å². The van der Waals surface area contributed by atoms with E-state index in [1.807, 2.05) is 36.4 Å². The second-order valence-corrected chi connectivity index (χ2v) is 8.20. The highest BCUT2D eigenvalue weighted by Crippen LogP contribution is 2.31. The molecule has 0 amide bonds. The Bertz CT molecular complexity index is 901. The molecular formula is C22H24N2O3S. The number of nitrogens with zero attached hydrogens (tertiary/aromatic N) is 2. The molecule has 0 spiro atoms. The summed E-state index contributed by atoms with van der Waals surface area (Å²) < 4.78 is 7.03. The predicted octanol–water partition coefficient (Wildman–Crippen LogP) is 4.96. The number of carbonyl (C=O) groups is 1. The van der Waals surface area contributed by atoms with Crippen LogP contribution in [0.2, 0.25) is 0 Å². The van der Waals surface area contributed by atoms with Gasteiger partial charge in [-0.2, -0.15) is 0 Å². The van der Waals surface area contributed by atoms with E-state index in [1.54, 1.807) is 11.3 Å². The van der Waals surface area contributed by atoms with Crippen molar-refractivity contribution in [3.8, 4) is 10.9 Å². The van der Waals surface area contributed by atoms with Crippen LogP contribution in [-0.4, -0.2) is 40.1 Å². The Hall–Kier alpha value is -2.44. The normalized spacial score (nSPS) is 13.9. The van der Waals surface area contributed by atoms with Crippen molar-refractivity contribution >= 4 is 27.5 Å². The molecule has 1 saturated carbocycles. The Morgan fingerprint density at radius 3 is 2.64 bits per heavy atom. The highest BCUT2D eigenvalue weighted by atomic mass is 32.1. The van der Waals surface area contributed by atoms with Crippen molar-refractivity contribution in [2.75, 3.05) is 13.1 Å². The zero-order valence-electron chi connectivity index (χ0n) is 15.7. The number of aliphatic carboxylic acids is 1. The molecule has 0 atom stereocenters. The molecule has 3 aromatic rings. The first-order valence-electron chi connectivity index (χ1n) is 9.75. The molecule has 1 aliphatic rings. The number of fused-ring (bicyclic) bond motifs is 1. The summed E-state index contributed by atoms with van der Waals surface area (Å²) in [4.78, 5) is 17.7. The van der Waals surface area contributed by atoms with Gasteiger partial charge in [0.05, 0.1) is 10.2 Å². The van der Waals surface area contributed by atoms with Gasteiger partial charge in [-0.15, -0.1) is 0 Å². The molecule has 2 aromatic carbocycles. The van der Waals surface area contributed by atoms with Gasteiger partial charge in [-0.05, 0) is 62.1 Å². The van der Waals surface area contributed by atoms with Crippen LogP contribution in [0.5, 0.6) is 10.9 Å². The van der Waals surface area contributed by atoms with Crippen molar-refractivity contribution in [2.45, 2.75) is 38.1 Å². The van der Waals surface area contributed by atoms with Crippen LogP contribution in [0.1, 0.15) is 31.2 Å². The van der Waals surface area contributed by atoms with Gasteiger partial charge in [0.2, 0.25) is 0 Å². The first-order valence-corrected chi connectivity index (χ1v) is 10.6. The number of ether oxygens (including phenoxy) is 1. The predicted molar refractivity (Wildman–Crippen MR) is 111 cm³/mol. The second-order valence-electron chi connectivity index (χ2n) is 7.21. The summed E-state index contributed by atoms with van der Waals surface area (Å²) >= 11 is 1.55. The van der Waals surface area contributed by atoms with E-state index in [9.17, 15) is 4.79 Å². The highest BCUT2D eigenvalue weighted by molar-refractivity contribution is 7.20. The number of para-hydroxylation sites is 1. The summed E-state index contributed by atoms with van der Waals surface area (Å²) in [7, 11) is 0. The lowest BCUT2D eigenvalue weighted by molar-refractivity contribution is -0.137. The third kappa shape index (κ3) is 5.09. The maximum Gasteiger partial charge on any atom is 0.303 e. The Kier molecular flexibility index (Phi) is 5.88. The van der Waals surface area contributed by atoms with Crippen LogP contribution < -0.4 is 4.74 Å². The Labute approximate surface area is 168 Å². The number of hydrogen-bond donors (Lipinski definition) is 1. The molecule has 0 saturated heterocycles. The lowest BCUT2D eigenvalue weighted by Gasteiger charge is -2.21. The maximum absolute atomic E-state index is 10.7. The van der Waals surface area contributed by atoms with Gasteiger partial charge in [-0.1, -0.05) is 35.6 Å². The largest absolute Gasteiger partial charge is 0.481 e. The molecule has 0 radical (unpaired) electrons. The number of hydrogen-bond acceptors (Lipinski definition) is 5. The summed E-state index contributed by atoms with van der Waals surface area (Å²) in [6.45, 7) is 1.85. The first-order chi connectivity index (χ1) is 13.7. The SMILES string of the molecule is O=C(O)CCCN(CCc1ccc(Oc2nc3ccccc3s2)cc1)C1CC1. The highest BCUT2D eigenvalue weighted by Gasteiger charge is 2.28. The molecule has 1 heterocycles. The molecule has 1 N–H and O–H groups in total. The van der Waals surface area contributed by atoms with E-state index in [4.69, 9.17) is 9.84 Å². The van der Waals surface area contributed by atoms with Crippen LogP contribution in [-0.2, 0) is 11.2 Å². The van der Waals surface area contributed by atoms with Gasteiger partial charge in [-0.25, -0.2) is 4.98 Å². The fourth-order valence-electron chi connectivity index (χ4n) is 3.34. The standard InChI is InChI=1S/C22H24N2O3S/c25-21(26)6-3-14-24(17-9-10-17)15-13-16-7-11-18(12-8-16)27-22-23-19-4-1-2-5-20(19)28-22/h1-2,4-5,7-8,11-12,17H,3,6,9-10,13-15H2,(H,25,26). The number of benzene rings is 2. The van der Waals surface area contributed by atoms with Crippen LogP contribution in [0.4, 0.5) is 0 Å². The van der Waals surface area contributed by atoms with Crippen LogP contribution >= 0.6 is 11.3 Å². The van der Waals surface area contributed by atoms with E-state index in [-0.39, 0.29) is 6.42 Å². The minimum Gasteiger partial charge on any atom is -0.481 e. The van der Waals surface area contributed by atoms with Crippen LogP contribution in [0.15, 0.2) is 48.5 Å². The first kappa shape index (κ1) is 18.9. The summed E-state index contributed by atoms with van der Waals surface area (Å²) in [6.07, 6.45) is 4.41. The minimum atomic E-state index is -0.709. The smallest absolute Gasteiger partial charge is 0.303 e. The van der Waals surface area contributed by atoms with E-state index in [1.165, 1.54) is 18.4 Å². The van der Waals surface area contributed by atoms with E-state index >= 15 is 0 Å². The monoisotopic (exact) mass is 396 g/mol. The number of carboxylic acid groups (broad SMARTS) is 1. The fourth-order valence-corrected chi connectivity index (χ4v) is 4.18. The summed E-state index contributed by atoms with van der Waals surface area (Å²) in [6, 6.07) is 16.9. The number of rotatable bonds is 10. The number of carboxylic acids is 1. The molecule has 146 valence electrons. The Morgan fingerprint density at radius 1 is 1.14 bits per heavy atom. The van der Waals surface area contributed by atoms with Crippen LogP contribution in [0, 0.1) is 0 Å². The molecular weight excluding hydrogens is 372 g/mol. The van der Waals surface area contributed by atoms with Crippen molar-refractivity contribution in [2.24, 2.45) is 0 Å². The molecule has 0 unspecified atom stereocenters. The average molecular weight is 397 g/mol. The molecule has 5 nitrogen and oxygen atoms in total. The Morgan fingerprint density at radius 2 is 1.93 bits per heavy atom. The molecule has 0 aliphatic heterocycles. The van der Waals surface area contributed by atoms with Crippen LogP contribution in [0.25, 0.3) is 10.2 Å². The number of aromatic nitrogens is 1. The number of thiazole rings is 1. The van der Waals surface area contributed by atoms with Gasteiger partial charge in [-0.3, -0.25) is 4.79 Å². The lowest BCUT2D eigenvalue weighted by atomic mass is 10.1. The second kappa shape index (κ2) is 8.71. The fraction of sp³-hybridized carbons (Fsp3) is 0.364. The molecule has 28 heavy (non-hydrogen) atoms. The molecule has 1 fully saturated rings. The Balaban J connectivity index is 1.30. The van der Waals surface area contributed by atoms with E-state index < -0.39 is 5.97 Å². The third-order valence-corrected chi connectivity index (χ3v) is 5.90. The molecule has 6 heteroatoms. The quantitative estimate of drug-likeness (QED) is 0.525. The molecule has 0 bridgehead atoms. The average Bonchev–Trinajstić information content (AvgIpc) is 3.45. The van der Waals surface area contributed by atoms with E-state index in [0.717, 1.165) is 41.9 Å². The van der Waals surface area contributed by atoms with Crippen molar-refractivity contribution in [3.63, 3.8) is 0 Å². The molecule has 4 rings (SSSR count). The third-order valence-electron chi connectivity index (χ3n) is 4.99. The van der Waals surface area contributed by atoms with Crippen molar-refractivity contribution in [1.29, 1.82) is 0 Å². The van der Waals surface area contributed by atoms with Gasteiger partial charge in [0.1, 0.15) is 5.75 Å². The van der Waals surface area contributed by atoms with Crippen molar-refractivity contribution < 1.29 is 14.6 Å². The van der Waals surface area contributed by atoms with Gasteiger partial charge in [0.25, 0.3) is 5.19 Å². The molecule has 1 aliphatic carbocycles. The van der Waals surface area contributed by atoms with Crippen molar-refractivity contribution in [3.05, 3.63) is 54.1 Å². The summed E-state index contributed by atoms with van der Waals surface area (Å²) in [5.74, 6) is 0.0859. The van der Waals surface area contributed by atoms with Crippen molar-refractivity contribution in [1.82, 2.24) is 9.88 Å². The lowest BCUT2D eigenvalue weighted by Crippen LogP contribution is -2.29.